The highest BCUT2D eigenvalue weighted by Crippen LogP contribution is 2.27. The number of anilines is 3. The van der Waals surface area contributed by atoms with Gasteiger partial charge >= 0.3 is 0 Å². The molecular formula is C17H24N4. The molecule has 2 rings (SSSR count). The molecule has 1 aromatic carbocycles. The highest BCUT2D eigenvalue weighted by atomic mass is 15.1. The Kier molecular flexibility index (Phi) is 4.78. The first-order valence-electron chi connectivity index (χ1n) is 7.48. The maximum Gasteiger partial charge on any atom is 0.139 e. The molecule has 0 saturated carbocycles. The molecule has 0 bridgehead atoms. The highest BCUT2D eigenvalue weighted by molar-refractivity contribution is 5.67. The summed E-state index contributed by atoms with van der Waals surface area (Å²) in [5.74, 6) is 2.89. The van der Waals surface area contributed by atoms with E-state index in [1.165, 1.54) is 5.56 Å². The van der Waals surface area contributed by atoms with Crippen LogP contribution in [-0.4, -0.2) is 17.0 Å². The number of rotatable bonds is 5. The monoisotopic (exact) mass is 284 g/mol. The number of para-hydroxylation sites is 1. The average molecular weight is 284 g/mol. The summed E-state index contributed by atoms with van der Waals surface area (Å²) in [6, 6.07) is 8.34. The van der Waals surface area contributed by atoms with Crippen molar-refractivity contribution in [3.05, 3.63) is 41.2 Å². The number of hydrogen-bond donors (Lipinski definition) is 2. The SMILES string of the molecule is CCc1ccccc1Nc1nc(C(C)C)nc(NC)c1C. The summed E-state index contributed by atoms with van der Waals surface area (Å²) in [4.78, 5) is 9.26. The minimum atomic E-state index is 0.291. The van der Waals surface area contributed by atoms with E-state index in [2.05, 4.69) is 59.6 Å². The Balaban J connectivity index is 2.45. The third kappa shape index (κ3) is 3.32. The van der Waals surface area contributed by atoms with Crippen LogP contribution in [0.1, 0.15) is 43.6 Å². The maximum absolute atomic E-state index is 4.69. The van der Waals surface area contributed by atoms with E-state index in [9.17, 15) is 0 Å². The van der Waals surface area contributed by atoms with Gasteiger partial charge in [0.25, 0.3) is 0 Å². The maximum atomic E-state index is 4.69. The summed E-state index contributed by atoms with van der Waals surface area (Å²) in [7, 11) is 1.89. The van der Waals surface area contributed by atoms with Crippen molar-refractivity contribution in [2.24, 2.45) is 0 Å². The van der Waals surface area contributed by atoms with Gasteiger partial charge in [0.2, 0.25) is 0 Å². The van der Waals surface area contributed by atoms with E-state index in [0.717, 1.165) is 35.1 Å². The molecule has 0 aliphatic carbocycles. The number of aryl methyl sites for hydroxylation is 1. The smallest absolute Gasteiger partial charge is 0.139 e. The number of hydrogen-bond acceptors (Lipinski definition) is 4. The molecule has 0 aliphatic heterocycles. The van der Waals surface area contributed by atoms with E-state index >= 15 is 0 Å². The number of nitrogens with one attached hydrogen (secondary N) is 2. The average Bonchev–Trinajstić information content (AvgIpc) is 2.49. The van der Waals surface area contributed by atoms with Crippen LogP contribution in [0.15, 0.2) is 24.3 Å². The zero-order valence-corrected chi connectivity index (χ0v) is 13.5. The van der Waals surface area contributed by atoms with Crippen LogP contribution >= 0.6 is 0 Å². The topological polar surface area (TPSA) is 49.8 Å². The highest BCUT2D eigenvalue weighted by Gasteiger charge is 2.13. The van der Waals surface area contributed by atoms with Crippen LogP contribution in [0.4, 0.5) is 17.3 Å². The minimum absolute atomic E-state index is 0.291. The Bertz CT molecular complexity index is 620. The molecule has 0 spiro atoms. The lowest BCUT2D eigenvalue weighted by Crippen LogP contribution is -2.09. The predicted molar refractivity (Wildman–Crippen MR) is 89.5 cm³/mol. The van der Waals surface area contributed by atoms with Crippen molar-refractivity contribution in [3.63, 3.8) is 0 Å². The molecule has 112 valence electrons. The third-order valence-electron chi connectivity index (χ3n) is 3.57. The molecule has 0 fully saturated rings. The van der Waals surface area contributed by atoms with E-state index in [1.54, 1.807) is 0 Å². The first-order valence-corrected chi connectivity index (χ1v) is 7.48. The number of aromatic nitrogens is 2. The predicted octanol–water partition coefficient (Wildman–Crippen LogP) is 4.26. The molecule has 2 aromatic rings. The zero-order valence-electron chi connectivity index (χ0n) is 13.5. The lowest BCUT2D eigenvalue weighted by Gasteiger charge is -2.16. The number of benzene rings is 1. The summed E-state index contributed by atoms with van der Waals surface area (Å²) in [6.07, 6.45) is 0.989. The normalized spacial score (nSPS) is 10.8. The van der Waals surface area contributed by atoms with Gasteiger partial charge in [-0.1, -0.05) is 39.0 Å². The third-order valence-corrected chi connectivity index (χ3v) is 3.57. The van der Waals surface area contributed by atoms with Gasteiger partial charge in [0.15, 0.2) is 0 Å². The van der Waals surface area contributed by atoms with Gasteiger partial charge in [-0.2, -0.15) is 0 Å². The van der Waals surface area contributed by atoms with Crippen molar-refractivity contribution in [3.8, 4) is 0 Å². The van der Waals surface area contributed by atoms with Gasteiger partial charge in [-0.15, -0.1) is 0 Å². The van der Waals surface area contributed by atoms with Crippen molar-refractivity contribution in [1.29, 1.82) is 0 Å². The van der Waals surface area contributed by atoms with Gasteiger partial charge in [-0.25, -0.2) is 9.97 Å². The second-order valence-corrected chi connectivity index (χ2v) is 5.44. The molecule has 1 heterocycles. The summed E-state index contributed by atoms with van der Waals surface area (Å²) < 4.78 is 0. The summed E-state index contributed by atoms with van der Waals surface area (Å²) in [5, 5.41) is 6.62. The van der Waals surface area contributed by atoms with Crippen LogP contribution in [-0.2, 0) is 6.42 Å². The second-order valence-electron chi connectivity index (χ2n) is 5.44. The van der Waals surface area contributed by atoms with Crippen molar-refractivity contribution in [2.75, 3.05) is 17.7 Å². The molecule has 0 radical (unpaired) electrons. The van der Waals surface area contributed by atoms with E-state index in [-0.39, 0.29) is 0 Å². The first kappa shape index (κ1) is 15.3. The Morgan fingerprint density at radius 1 is 1.10 bits per heavy atom. The van der Waals surface area contributed by atoms with Crippen LogP contribution in [0.25, 0.3) is 0 Å². The molecule has 21 heavy (non-hydrogen) atoms. The number of nitrogens with zero attached hydrogens (tertiary/aromatic N) is 2. The van der Waals surface area contributed by atoms with Crippen molar-refractivity contribution >= 4 is 17.3 Å². The molecule has 2 N–H and O–H groups in total. The fourth-order valence-electron chi connectivity index (χ4n) is 2.24. The fourth-order valence-corrected chi connectivity index (χ4v) is 2.24. The van der Waals surface area contributed by atoms with Crippen LogP contribution in [0, 0.1) is 6.92 Å². The fraction of sp³-hybridized carbons (Fsp3) is 0.412. The van der Waals surface area contributed by atoms with Crippen molar-refractivity contribution in [1.82, 2.24) is 9.97 Å². The molecular weight excluding hydrogens is 260 g/mol. The summed E-state index contributed by atoms with van der Waals surface area (Å²) in [5.41, 5.74) is 3.43. The van der Waals surface area contributed by atoms with Crippen molar-refractivity contribution in [2.45, 2.75) is 40.0 Å². The van der Waals surface area contributed by atoms with E-state index < -0.39 is 0 Å². The summed E-state index contributed by atoms with van der Waals surface area (Å²) in [6.45, 7) is 8.40. The Morgan fingerprint density at radius 3 is 2.38 bits per heavy atom. The first-order chi connectivity index (χ1) is 10.1. The molecule has 4 nitrogen and oxygen atoms in total. The lowest BCUT2D eigenvalue weighted by molar-refractivity contribution is 0.775. The van der Waals surface area contributed by atoms with Crippen LogP contribution in [0.2, 0.25) is 0 Å². The molecule has 4 heteroatoms. The lowest BCUT2D eigenvalue weighted by atomic mass is 10.1. The Morgan fingerprint density at radius 2 is 1.76 bits per heavy atom. The van der Waals surface area contributed by atoms with Gasteiger partial charge in [-0.05, 0) is 25.0 Å². The standard InChI is InChI=1S/C17H24N4/c1-6-13-9-7-8-10-14(13)19-17-12(4)16(18-5)20-15(21-17)11(2)3/h7-11H,6H2,1-5H3,(H2,18,19,20,21). The molecule has 0 atom stereocenters. The Labute approximate surface area is 127 Å². The molecule has 1 aromatic heterocycles. The van der Waals surface area contributed by atoms with Gasteiger partial charge in [0.05, 0.1) is 0 Å². The van der Waals surface area contributed by atoms with Gasteiger partial charge in [-0.3, -0.25) is 0 Å². The Hall–Kier alpha value is -2.10. The molecule has 0 unspecified atom stereocenters. The van der Waals surface area contributed by atoms with E-state index in [4.69, 9.17) is 0 Å². The van der Waals surface area contributed by atoms with Crippen LogP contribution < -0.4 is 10.6 Å². The largest absolute Gasteiger partial charge is 0.373 e. The second kappa shape index (κ2) is 6.57. The quantitative estimate of drug-likeness (QED) is 0.861. The zero-order chi connectivity index (χ0) is 15.4. The summed E-state index contributed by atoms with van der Waals surface area (Å²) >= 11 is 0. The molecule has 0 saturated heterocycles. The van der Waals surface area contributed by atoms with E-state index in [0.29, 0.717) is 5.92 Å². The van der Waals surface area contributed by atoms with Crippen molar-refractivity contribution < 1.29 is 0 Å². The van der Waals surface area contributed by atoms with Crippen LogP contribution in [0.5, 0.6) is 0 Å². The molecule has 0 amide bonds. The van der Waals surface area contributed by atoms with E-state index in [1.807, 2.05) is 20.0 Å². The minimum Gasteiger partial charge on any atom is -0.373 e. The van der Waals surface area contributed by atoms with Gasteiger partial charge < -0.3 is 10.6 Å². The van der Waals surface area contributed by atoms with Gasteiger partial charge in [0, 0.05) is 24.2 Å². The molecule has 0 aliphatic rings. The van der Waals surface area contributed by atoms with Crippen LogP contribution in [0.3, 0.4) is 0 Å². The van der Waals surface area contributed by atoms with Gasteiger partial charge in [0.1, 0.15) is 17.5 Å².